The zero-order valence-electron chi connectivity index (χ0n) is 10.1. The fraction of sp³-hybridized carbons (Fsp3) is 0.0769. The Morgan fingerprint density at radius 3 is 2.26 bits per heavy atom. The summed E-state index contributed by atoms with van der Waals surface area (Å²) in [4.78, 5) is 30.8. The van der Waals surface area contributed by atoms with Crippen molar-refractivity contribution < 1.29 is 14.7 Å². The molecule has 1 aromatic carbocycles. The Morgan fingerprint density at radius 1 is 1.11 bits per heavy atom. The van der Waals surface area contributed by atoms with Gasteiger partial charge in [0, 0.05) is 12.4 Å². The average molecular weight is 257 g/mol. The minimum atomic E-state index is -1.16. The molecule has 0 saturated heterocycles. The molecule has 0 saturated carbocycles. The number of anilines is 1. The summed E-state index contributed by atoms with van der Waals surface area (Å²) in [5.41, 5.74) is 0.871. The van der Waals surface area contributed by atoms with Crippen LogP contribution >= 0.6 is 0 Å². The topological polar surface area (TPSA) is 92.2 Å². The van der Waals surface area contributed by atoms with Crippen LogP contribution in [0.15, 0.2) is 36.7 Å². The van der Waals surface area contributed by atoms with Gasteiger partial charge in [-0.15, -0.1) is 0 Å². The van der Waals surface area contributed by atoms with E-state index in [1.54, 1.807) is 24.5 Å². The largest absolute Gasteiger partial charge is 0.478 e. The molecule has 0 aliphatic carbocycles. The number of hydrogen-bond acceptors (Lipinski definition) is 4. The number of aryl methyl sites for hydroxylation is 1. The van der Waals surface area contributed by atoms with Crippen molar-refractivity contribution in [2.45, 2.75) is 6.92 Å². The van der Waals surface area contributed by atoms with Crippen LogP contribution < -0.4 is 5.32 Å². The fourth-order valence-corrected chi connectivity index (χ4v) is 1.49. The van der Waals surface area contributed by atoms with Crippen LogP contribution in [-0.2, 0) is 0 Å². The first-order chi connectivity index (χ1) is 9.08. The van der Waals surface area contributed by atoms with Gasteiger partial charge in [0.1, 0.15) is 0 Å². The molecule has 0 aliphatic rings. The molecule has 0 radical (unpaired) electrons. The molecule has 2 aromatic rings. The van der Waals surface area contributed by atoms with E-state index >= 15 is 0 Å². The van der Waals surface area contributed by atoms with E-state index in [-0.39, 0.29) is 17.1 Å². The van der Waals surface area contributed by atoms with E-state index in [9.17, 15) is 9.59 Å². The molecule has 96 valence electrons. The van der Waals surface area contributed by atoms with Crippen molar-refractivity contribution in [3.63, 3.8) is 0 Å². The van der Waals surface area contributed by atoms with Gasteiger partial charge in [0.2, 0.25) is 5.95 Å². The smallest absolute Gasteiger partial charge is 0.336 e. The molecule has 0 unspecified atom stereocenters. The van der Waals surface area contributed by atoms with Gasteiger partial charge in [-0.05, 0) is 24.6 Å². The van der Waals surface area contributed by atoms with Gasteiger partial charge in [0.15, 0.2) is 0 Å². The highest BCUT2D eigenvalue weighted by atomic mass is 16.4. The number of carbonyl (C=O) groups is 2. The van der Waals surface area contributed by atoms with Crippen LogP contribution in [0.2, 0.25) is 0 Å². The predicted octanol–water partition coefficient (Wildman–Crippen LogP) is 1.74. The van der Waals surface area contributed by atoms with Gasteiger partial charge in [-0.1, -0.05) is 12.1 Å². The number of hydrogen-bond donors (Lipinski definition) is 2. The van der Waals surface area contributed by atoms with Crippen molar-refractivity contribution in [2.24, 2.45) is 0 Å². The summed E-state index contributed by atoms with van der Waals surface area (Å²) in [6.45, 7) is 1.82. The predicted molar refractivity (Wildman–Crippen MR) is 68.1 cm³/mol. The third kappa shape index (κ3) is 2.92. The number of nitrogens with one attached hydrogen (secondary N) is 1. The number of aromatic carboxylic acids is 1. The van der Waals surface area contributed by atoms with Crippen molar-refractivity contribution >= 4 is 17.8 Å². The summed E-state index contributed by atoms with van der Waals surface area (Å²) in [6.07, 6.45) is 3.12. The fourth-order valence-electron chi connectivity index (χ4n) is 1.49. The van der Waals surface area contributed by atoms with E-state index < -0.39 is 11.9 Å². The van der Waals surface area contributed by atoms with Crippen LogP contribution in [0.25, 0.3) is 0 Å². The maximum atomic E-state index is 12.0. The average Bonchev–Trinajstić information content (AvgIpc) is 2.41. The Kier molecular flexibility index (Phi) is 3.51. The van der Waals surface area contributed by atoms with Crippen molar-refractivity contribution in [3.8, 4) is 0 Å². The number of amides is 1. The lowest BCUT2D eigenvalue weighted by Gasteiger charge is -2.06. The third-order valence-corrected chi connectivity index (χ3v) is 2.41. The number of carboxylic acid groups (broad SMARTS) is 1. The monoisotopic (exact) mass is 257 g/mol. The number of carbonyl (C=O) groups excluding carboxylic acids is 1. The standard InChI is InChI=1S/C13H11N3O3/c1-8-6-14-13(15-7-8)16-11(17)9-4-2-3-5-10(9)12(18)19/h2-7H,1H3,(H,18,19)(H,14,15,16,17). The first-order valence-corrected chi connectivity index (χ1v) is 5.50. The molecule has 1 amide bonds. The molecule has 1 heterocycles. The lowest BCUT2D eigenvalue weighted by atomic mass is 10.1. The molecule has 1 aromatic heterocycles. The van der Waals surface area contributed by atoms with Gasteiger partial charge < -0.3 is 5.11 Å². The molecule has 0 spiro atoms. The molecule has 0 bridgehead atoms. The minimum Gasteiger partial charge on any atom is -0.478 e. The van der Waals surface area contributed by atoms with Crippen molar-refractivity contribution in [1.82, 2.24) is 9.97 Å². The highest BCUT2D eigenvalue weighted by Crippen LogP contribution is 2.10. The molecule has 2 N–H and O–H groups in total. The van der Waals surface area contributed by atoms with Crippen molar-refractivity contribution in [1.29, 1.82) is 0 Å². The SMILES string of the molecule is Cc1cnc(NC(=O)c2ccccc2C(=O)O)nc1. The Balaban J connectivity index is 2.25. The highest BCUT2D eigenvalue weighted by molar-refractivity contribution is 6.10. The summed E-state index contributed by atoms with van der Waals surface area (Å²) in [7, 11) is 0. The Hall–Kier alpha value is -2.76. The van der Waals surface area contributed by atoms with Crippen molar-refractivity contribution in [3.05, 3.63) is 53.3 Å². The maximum Gasteiger partial charge on any atom is 0.336 e. The molecule has 19 heavy (non-hydrogen) atoms. The van der Waals surface area contributed by atoms with Crippen LogP contribution in [0.3, 0.4) is 0 Å². The highest BCUT2D eigenvalue weighted by Gasteiger charge is 2.16. The first-order valence-electron chi connectivity index (χ1n) is 5.50. The summed E-state index contributed by atoms with van der Waals surface area (Å²) in [5, 5.41) is 11.5. The molecule has 0 atom stereocenters. The lowest BCUT2D eigenvalue weighted by Crippen LogP contribution is -2.17. The Labute approximate surface area is 109 Å². The Morgan fingerprint density at radius 2 is 1.68 bits per heavy atom. The number of benzene rings is 1. The molecular formula is C13H11N3O3. The second-order valence-electron chi connectivity index (χ2n) is 3.89. The molecule has 0 aliphatic heterocycles. The van der Waals surface area contributed by atoms with Gasteiger partial charge in [0.05, 0.1) is 11.1 Å². The first kappa shape index (κ1) is 12.7. The van der Waals surface area contributed by atoms with Gasteiger partial charge in [-0.3, -0.25) is 10.1 Å². The van der Waals surface area contributed by atoms with E-state index in [1.165, 1.54) is 12.1 Å². The van der Waals surface area contributed by atoms with Crippen LogP contribution in [0.1, 0.15) is 26.3 Å². The van der Waals surface area contributed by atoms with Crippen LogP contribution in [0, 0.1) is 6.92 Å². The Bertz CT molecular complexity index is 623. The maximum absolute atomic E-state index is 12.0. The molecular weight excluding hydrogens is 246 g/mol. The zero-order chi connectivity index (χ0) is 13.8. The zero-order valence-corrected chi connectivity index (χ0v) is 10.1. The molecule has 2 rings (SSSR count). The van der Waals surface area contributed by atoms with Crippen molar-refractivity contribution in [2.75, 3.05) is 5.32 Å². The summed E-state index contributed by atoms with van der Waals surface area (Å²) in [5.74, 6) is -1.58. The van der Waals surface area contributed by atoms with Crippen LogP contribution in [0.5, 0.6) is 0 Å². The van der Waals surface area contributed by atoms with E-state index in [0.29, 0.717) is 0 Å². The number of rotatable bonds is 3. The van der Waals surface area contributed by atoms with E-state index in [4.69, 9.17) is 5.11 Å². The quantitative estimate of drug-likeness (QED) is 0.873. The van der Waals surface area contributed by atoms with E-state index in [2.05, 4.69) is 15.3 Å². The molecule has 6 nitrogen and oxygen atoms in total. The number of carboxylic acids is 1. The number of nitrogens with zero attached hydrogens (tertiary/aromatic N) is 2. The normalized spacial score (nSPS) is 9.95. The van der Waals surface area contributed by atoms with E-state index in [1.807, 2.05) is 6.92 Å². The van der Waals surface area contributed by atoms with Gasteiger partial charge >= 0.3 is 5.97 Å². The van der Waals surface area contributed by atoms with Gasteiger partial charge in [0.25, 0.3) is 5.91 Å². The summed E-state index contributed by atoms with van der Waals surface area (Å²) in [6, 6.07) is 5.96. The van der Waals surface area contributed by atoms with Crippen LogP contribution in [-0.4, -0.2) is 27.0 Å². The molecule has 6 heteroatoms. The summed E-state index contributed by atoms with van der Waals surface area (Å²) >= 11 is 0. The molecule has 0 fully saturated rings. The number of aromatic nitrogens is 2. The van der Waals surface area contributed by atoms with Gasteiger partial charge in [-0.2, -0.15) is 0 Å². The second-order valence-corrected chi connectivity index (χ2v) is 3.89. The third-order valence-electron chi connectivity index (χ3n) is 2.41. The lowest BCUT2D eigenvalue weighted by molar-refractivity contribution is 0.0692. The minimum absolute atomic E-state index is 0.0629. The summed E-state index contributed by atoms with van der Waals surface area (Å²) < 4.78 is 0. The second kappa shape index (κ2) is 5.26. The van der Waals surface area contributed by atoms with E-state index in [0.717, 1.165) is 5.56 Å². The van der Waals surface area contributed by atoms with Crippen LogP contribution in [0.4, 0.5) is 5.95 Å². The van der Waals surface area contributed by atoms with Gasteiger partial charge in [-0.25, -0.2) is 14.8 Å².